The van der Waals surface area contributed by atoms with Gasteiger partial charge in [-0.05, 0) is 113 Å². The smallest absolute Gasteiger partial charge is 0.312 e. The Balaban J connectivity index is 1.39. The molecular formula is C74H118N10O16. The molecule has 0 bridgehead atoms. The van der Waals surface area contributed by atoms with E-state index in [0.717, 1.165) is 5.56 Å². The molecule has 26 nitrogen and oxygen atoms in total. The van der Waals surface area contributed by atoms with Crippen molar-refractivity contribution in [2.75, 3.05) is 93.9 Å². The molecule has 560 valence electrons. The summed E-state index contributed by atoms with van der Waals surface area (Å²) in [5.41, 5.74) is 7.25. The van der Waals surface area contributed by atoms with E-state index >= 15 is 0 Å². The fourth-order valence-electron chi connectivity index (χ4n) is 13.9. The zero-order valence-corrected chi connectivity index (χ0v) is 62.3. The summed E-state index contributed by atoms with van der Waals surface area (Å²) in [5, 5.41) is 14.2. The molecule has 7 N–H and O–H groups in total. The van der Waals surface area contributed by atoms with Crippen molar-refractivity contribution in [3.8, 4) is 0 Å². The summed E-state index contributed by atoms with van der Waals surface area (Å²) in [4.78, 5) is 156. The number of primary amides is 1. The van der Waals surface area contributed by atoms with Crippen LogP contribution in [-0.4, -0.2) is 222 Å². The monoisotopic (exact) mass is 1400 g/mol. The minimum absolute atomic E-state index is 0.00409. The second kappa shape index (κ2) is 42.8. The number of nitrogens with two attached hydrogens (primary N) is 1. The van der Waals surface area contributed by atoms with Gasteiger partial charge >= 0.3 is 12.0 Å². The van der Waals surface area contributed by atoms with Crippen molar-refractivity contribution >= 4 is 70.6 Å². The van der Waals surface area contributed by atoms with Gasteiger partial charge in [-0.15, -0.1) is 0 Å². The standard InChI is InChI=1S/C74H118N10O16/c1-17-48(8)67(82(13)72(93)65(46(4)5)80-71(92)66(47(6)7)81(11)12)60(96-14)41-62(88)84-33-22-26-57(84)68(97-15)50(10)58(85)40-55(38-51-23-19-18-20-24-51)69(90)77-42-52-27-29-56(30-28-52)78-70(91)53(25-21-32-76-74(75)95)39-59(86)64(45(2)3)79-61(87)43-99-35-36-100-44-63(89)83-34-31-54(37-49(83)9)73(94)98-16/h18-20,23-24,27-30,45-50,53-55,57,60,64-68H,17,21-22,25-26,31-44H2,1-16H3,(H,77,90)(H,78,91)(H,79,87)(H,80,92)(H3,75,76,95)/t48-,49?,50-,53+,54?,55+,57-,60+,64-,65-,66-,67-,68+/m0/s1. The maximum absolute atomic E-state index is 14.7. The number of benzene rings is 2. The van der Waals surface area contributed by atoms with E-state index in [1.807, 2.05) is 97.8 Å². The van der Waals surface area contributed by atoms with Gasteiger partial charge in [0.05, 0.1) is 69.0 Å². The first-order valence-electron chi connectivity index (χ1n) is 35.6. The van der Waals surface area contributed by atoms with Gasteiger partial charge < -0.3 is 70.7 Å². The molecule has 2 aliphatic rings. The van der Waals surface area contributed by atoms with Gasteiger partial charge in [0, 0.05) is 89.8 Å². The molecule has 2 aromatic rings. The zero-order chi connectivity index (χ0) is 74.5. The number of nitrogens with one attached hydrogen (secondary N) is 5. The Kier molecular flexibility index (Phi) is 36.4. The number of likely N-dealkylation sites (N-methyl/N-ethyl adjacent to an activating group) is 2. The number of nitrogens with zero attached hydrogens (tertiary/aromatic N) is 4. The molecule has 0 saturated carbocycles. The van der Waals surface area contributed by atoms with Gasteiger partial charge in [0.25, 0.3) is 0 Å². The van der Waals surface area contributed by atoms with Gasteiger partial charge in [0.15, 0.2) is 5.78 Å². The van der Waals surface area contributed by atoms with Gasteiger partial charge in [0.1, 0.15) is 25.0 Å². The molecular weight excluding hydrogens is 1280 g/mol. The van der Waals surface area contributed by atoms with E-state index in [2.05, 4.69) is 26.6 Å². The molecule has 13 atom stereocenters. The Hall–Kier alpha value is -7.39. The third-order valence-electron chi connectivity index (χ3n) is 19.6. The van der Waals surface area contributed by atoms with E-state index < -0.39 is 90.4 Å². The Morgan fingerprint density at radius 1 is 0.660 bits per heavy atom. The average molecular weight is 1400 g/mol. The number of ketones is 2. The van der Waals surface area contributed by atoms with Crippen LogP contribution < -0.4 is 32.3 Å². The summed E-state index contributed by atoms with van der Waals surface area (Å²) in [6.45, 7) is 19.4. The summed E-state index contributed by atoms with van der Waals surface area (Å²) in [5.74, 6) is -6.58. The van der Waals surface area contributed by atoms with E-state index in [1.54, 1.807) is 66.8 Å². The number of carbonyl (C=O) groups is 11. The Labute approximate surface area is 593 Å². The lowest BCUT2D eigenvalue weighted by molar-refractivity contribution is -0.151. The van der Waals surface area contributed by atoms with Crippen LogP contribution in [-0.2, 0) is 84.6 Å². The van der Waals surface area contributed by atoms with Crippen molar-refractivity contribution in [2.45, 2.75) is 195 Å². The van der Waals surface area contributed by atoms with E-state index in [9.17, 15) is 52.7 Å². The van der Waals surface area contributed by atoms with Crippen LogP contribution in [0.25, 0.3) is 0 Å². The first-order valence-corrected chi connectivity index (χ1v) is 35.6. The number of Topliss-reactive ketones (excluding diaryl/α,β-unsaturated/α-hetero) is 2. The molecule has 100 heavy (non-hydrogen) atoms. The van der Waals surface area contributed by atoms with Crippen LogP contribution >= 0.6 is 0 Å². The number of rotatable bonds is 43. The number of esters is 1. The third kappa shape index (κ3) is 26.2. The highest BCUT2D eigenvalue weighted by Crippen LogP contribution is 2.32. The summed E-state index contributed by atoms with van der Waals surface area (Å²) < 4.78 is 28.1. The van der Waals surface area contributed by atoms with Gasteiger partial charge in [-0.3, -0.25) is 52.8 Å². The minimum Gasteiger partial charge on any atom is -0.469 e. The summed E-state index contributed by atoms with van der Waals surface area (Å²) >= 11 is 0. The van der Waals surface area contributed by atoms with Crippen LogP contribution in [0, 0.1) is 47.3 Å². The topological polar surface area (TPSA) is 333 Å². The molecule has 26 heteroatoms. The molecule has 0 aromatic heterocycles. The van der Waals surface area contributed by atoms with Crippen molar-refractivity contribution in [1.29, 1.82) is 0 Å². The highest BCUT2D eigenvalue weighted by atomic mass is 16.5. The average Bonchev–Trinajstić information content (AvgIpc) is 1.49. The zero-order valence-electron chi connectivity index (χ0n) is 62.3. The lowest BCUT2D eigenvalue weighted by Gasteiger charge is -2.41. The van der Waals surface area contributed by atoms with Gasteiger partial charge in [-0.1, -0.05) is 111 Å². The SMILES string of the molecule is CC[C@H](C)[C@@H]([C@@H](CC(=O)N1CCC[C@H]1[C@H](OC)[C@@H](C)C(=O)C[C@@H](Cc1ccccc1)C(=O)NCc1ccc(NC(=O)[C@H](CCCNC(N)=O)CC(=O)[C@@H](NC(=O)COCCOCC(=O)N2CCC(C(=O)OC)CC2C)C(C)C)cc1)OC)N(C)C(=O)[C@@H](NC(=O)[C@H](C(C)C)N(C)C)C(C)C. The summed E-state index contributed by atoms with van der Waals surface area (Å²) in [6, 6.07) is 12.1. The van der Waals surface area contributed by atoms with Crippen LogP contribution in [0.5, 0.6) is 0 Å². The molecule has 9 amide bonds. The number of carbonyl (C=O) groups excluding carboxylic acids is 11. The molecule has 2 aromatic carbocycles. The van der Waals surface area contributed by atoms with E-state index in [-0.39, 0.29) is 142 Å². The first-order chi connectivity index (χ1) is 47.4. The number of piperidine rings is 1. The van der Waals surface area contributed by atoms with E-state index in [0.29, 0.717) is 62.9 Å². The molecule has 2 heterocycles. The van der Waals surface area contributed by atoms with E-state index in [1.165, 1.54) is 21.3 Å². The summed E-state index contributed by atoms with van der Waals surface area (Å²) in [7, 11) is 9.79. The number of urea groups is 1. The molecule has 2 fully saturated rings. The van der Waals surface area contributed by atoms with Crippen molar-refractivity contribution in [2.24, 2.45) is 53.1 Å². The summed E-state index contributed by atoms with van der Waals surface area (Å²) in [6.07, 6.45) is 1.85. The molecule has 2 unspecified atom stereocenters. The van der Waals surface area contributed by atoms with Crippen LogP contribution in [0.15, 0.2) is 54.6 Å². The number of anilines is 1. The lowest BCUT2D eigenvalue weighted by Crippen LogP contribution is -2.59. The van der Waals surface area contributed by atoms with Crippen molar-refractivity contribution in [3.63, 3.8) is 0 Å². The predicted molar refractivity (Wildman–Crippen MR) is 380 cm³/mol. The maximum atomic E-state index is 14.7. The van der Waals surface area contributed by atoms with Gasteiger partial charge in [0.2, 0.25) is 41.4 Å². The molecule has 2 aliphatic heterocycles. The predicted octanol–water partition coefficient (Wildman–Crippen LogP) is 5.70. The third-order valence-corrected chi connectivity index (χ3v) is 19.6. The largest absolute Gasteiger partial charge is 0.469 e. The Morgan fingerprint density at radius 3 is 1.87 bits per heavy atom. The molecule has 2 saturated heterocycles. The van der Waals surface area contributed by atoms with Crippen molar-refractivity contribution < 1.29 is 76.4 Å². The fourth-order valence-corrected chi connectivity index (χ4v) is 13.9. The second-order valence-electron chi connectivity index (χ2n) is 28.3. The van der Waals surface area contributed by atoms with Crippen molar-refractivity contribution in [3.05, 3.63) is 65.7 Å². The van der Waals surface area contributed by atoms with Crippen LogP contribution in [0.1, 0.15) is 145 Å². The minimum atomic E-state index is -0.969. The Morgan fingerprint density at radius 2 is 1.30 bits per heavy atom. The fraction of sp³-hybridized carbons (Fsp3) is 0.689. The number of hydrogen-bond donors (Lipinski definition) is 6. The highest BCUT2D eigenvalue weighted by Gasteiger charge is 2.44. The normalized spacial score (nSPS) is 18.5. The number of likely N-dealkylation sites (tertiary alicyclic amines) is 2. The van der Waals surface area contributed by atoms with Crippen LogP contribution in [0.4, 0.5) is 10.5 Å². The second-order valence-corrected chi connectivity index (χ2v) is 28.3. The molecule has 4 rings (SSSR count). The molecule has 0 aliphatic carbocycles. The van der Waals surface area contributed by atoms with Crippen molar-refractivity contribution in [1.82, 2.24) is 40.9 Å². The molecule has 0 radical (unpaired) electrons. The first kappa shape index (κ1) is 85.0. The van der Waals surface area contributed by atoms with Crippen LogP contribution in [0.2, 0.25) is 0 Å². The molecule has 0 spiro atoms. The number of amides is 9. The highest BCUT2D eigenvalue weighted by molar-refractivity contribution is 5.98. The maximum Gasteiger partial charge on any atom is 0.312 e. The number of methoxy groups -OCH3 is 3. The van der Waals surface area contributed by atoms with Gasteiger partial charge in [-0.2, -0.15) is 0 Å². The Bertz CT molecular complexity index is 2960. The van der Waals surface area contributed by atoms with Crippen LogP contribution in [0.3, 0.4) is 0 Å². The van der Waals surface area contributed by atoms with E-state index in [4.69, 9.17) is 29.4 Å². The lowest BCUT2D eigenvalue weighted by atomic mass is 9.85. The van der Waals surface area contributed by atoms with Gasteiger partial charge in [-0.25, -0.2) is 4.79 Å². The quantitative estimate of drug-likeness (QED) is 0.0342. The number of ether oxygens (including phenoxy) is 5. The number of hydrogen-bond acceptors (Lipinski definition) is 17.